The Balaban J connectivity index is 1.48. The van der Waals surface area contributed by atoms with Crippen LogP contribution >= 0.6 is 0 Å². The van der Waals surface area contributed by atoms with Gasteiger partial charge in [0.15, 0.2) is 11.5 Å². The minimum atomic E-state index is 0.310. The molecule has 0 amide bonds. The van der Waals surface area contributed by atoms with Gasteiger partial charge >= 0.3 is 0 Å². The second-order valence-electron chi connectivity index (χ2n) is 6.55. The van der Waals surface area contributed by atoms with Crippen molar-refractivity contribution in [3.63, 3.8) is 0 Å². The van der Waals surface area contributed by atoms with E-state index in [1.807, 2.05) is 12.3 Å². The average Bonchev–Trinajstić information content (AvgIpc) is 3.21. The zero-order chi connectivity index (χ0) is 17.1. The van der Waals surface area contributed by atoms with Gasteiger partial charge in [0, 0.05) is 38.3 Å². The smallest absolute Gasteiger partial charge is 0.231 e. The molecule has 0 spiro atoms. The Morgan fingerprint density at radius 1 is 1.24 bits per heavy atom. The molecule has 0 bridgehead atoms. The molecule has 25 heavy (non-hydrogen) atoms. The van der Waals surface area contributed by atoms with Crippen LogP contribution in [0.2, 0.25) is 0 Å². The lowest BCUT2D eigenvalue weighted by Crippen LogP contribution is -2.30. The molecule has 1 aromatic heterocycles. The van der Waals surface area contributed by atoms with Crippen LogP contribution in [0.25, 0.3) is 0 Å². The molecule has 132 valence electrons. The van der Waals surface area contributed by atoms with Crippen LogP contribution in [0.15, 0.2) is 43.1 Å². The summed E-state index contributed by atoms with van der Waals surface area (Å²) in [5.41, 5.74) is 2.47. The first-order valence-electron chi connectivity index (χ1n) is 8.62. The van der Waals surface area contributed by atoms with Crippen molar-refractivity contribution in [2.75, 3.05) is 26.6 Å². The molecule has 0 unspecified atom stereocenters. The summed E-state index contributed by atoms with van der Waals surface area (Å²) >= 11 is 0. The third kappa shape index (κ3) is 3.70. The summed E-state index contributed by atoms with van der Waals surface area (Å²) in [5, 5.41) is 4.46. The third-order valence-electron chi connectivity index (χ3n) is 4.57. The van der Waals surface area contributed by atoms with Gasteiger partial charge in [-0.1, -0.05) is 12.1 Å². The van der Waals surface area contributed by atoms with Crippen LogP contribution in [0.4, 0.5) is 0 Å². The van der Waals surface area contributed by atoms with E-state index in [9.17, 15) is 0 Å². The van der Waals surface area contributed by atoms with Gasteiger partial charge < -0.3 is 14.2 Å². The van der Waals surface area contributed by atoms with E-state index in [2.05, 4.69) is 39.5 Å². The summed E-state index contributed by atoms with van der Waals surface area (Å²) in [7, 11) is 0. The topological polar surface area (TPSA) is 48.8 Å². The zero-order valence-electron chi connectivity index (χ0n) is 14.3. The monoisotopic (exact) mass is 341 g/mol. The zero-order valence-corrected chi connectivity index (χ0v) is 14.3. The van der Waals surface area contributed by atoms with Gasteiger partial charge in [-0.3, -0.25) is 9.58 Å². The SMILES string of the molecule is C=CCOC[C@@H]1CN(Cc2ccc3c(c2)OCO3)Cc2ccnn2C1. The molecule has 0 saturated heterocycles. The van der Waals surface area contributed by atoms with E-state index in [0.717, 1.165) is 37.7 Å². The van der Waals surface area contributed by atoms with Crippen LogP contribution in [0.5, 0.6) is 11.5 Å². The van der Waals surface area contributed by atoms with Crippen LogP contribution < -0.4 is 9.47 Å². The Morgan fingerprint density at radius 2 is 2.16 bits per heavy atom. The first-order valence-corrected chi connectivity index (χ1v) is 8.62. The number of benzene rings is 1. The predicted octanol–water partition coefficient (Wildman–Crippen LogP) is 2.45. The molecule has 3 heterocycles. The van der Waals surface area contributed by atoms with Gasteiger partial charge in [-0.15, -0.1) is 6.58 Å². The van der Waals surface area contributed by atoms with Gasteiger partial charge in [0.1, 0.15) is 0 Å². The third-order valence-corrected chi connectivity index (χ3v) is 4.57. The lowest BCUT2D eigenvalue weighted by molar-refractivity contribution is 0.0932. The normalized spacial score (nSPS) is 19.4. The van der Waals surface area contributed by atoms with Crippen LogP contribution in [0.1, 0.15) is 11.3 Å². The molecule has 2 aromatic rings. The first kappa shape index (κ1) is 16.2. The van der Waals surface area contributed by atoms with Gasteiger partial charge in [0.2, 0.25) is 6.79 Å². The van der Waals surface area contributed by atoms with Crippen LogP contribution in [0, 0.1) is 5.92 Å². The Morgan fingerprint density at radius 3 is 3.08 bits per heavy atom. The maximum atomic E-state index is 5.71. The molecule has 2 aliphatic heterocycles. The average molecular weight is 341 g/mol. The van der Waals surface area contributed by atoms with Gasteiger partial charge in [0.05, 0.1) is 18.9 Å². The molecular weight excluding hydrogens is 318 g/mol. The number of fused-ring (bicyclic) bond motifs is 2. The van der Waals surface area contributed by atoms with Crippen molar-refractivity contribution in [2.45, 2.75) is 19.6 Å². The summed E-state index contributed by atoms with van der Waals surface area (Å²) in [4.78, 5) is 2.44. The van der Waals surface area contributed by atoms with E-state index in [1.165, 1.54) is 11.3 Å². The molecule has 0 fully saturated rings. The first-order chi connectivity index (χ1) is 12.3. The second kappa shape index (κ2) is 7.29. The number of hydrogen-bond donors (Lipinski definition) is 0. The molecule has 6 nitrogen and oxygen atoms in total. The molecule has 0 radical (unpaired) electrons. The Labute approximate surface area is 147 Å². The van der Waals surface area contributed by atoms with Crippen molar-refractivity contribution in [3.8, 4) is 11.5 Å². The molecule has 0 aliphatic carbocycles. The quantitative estimate of drug-likeness (QED) is 0.597. The number of rotatable bonds is 6. The van der Waals surface area contributed by atoms with E-state index in [0.29, 0.717) is 25.9 Å². The molecule has 2 aliphatic rings. The van der Waals surface area contributed by atoms with Crippen molar-refractivity contribution >= 4 is 0 Å². The Hall–Kier alpha value is -2.31. The summed E-state index contributed by atoms with van der Waals surface area (Å²) in [5.74, 6) is 2.06. The lowest BCUT2D eigenvalue weighted by atomic mass is 10.1. The Bertz CT molecular complexity index is 743. The van der Waals surface area contributed by atoms with Gasteiger partial charge in [-0.25, -0.2) is 0 Å². The largest absolute Gasteiger partial charge is 0.454 e. The van der Waals surface area contributed by atoms with Crippen molar-refractivity contribution < 1.29 is 14.2 Å². The highest BCUT2D eigenvalue weighted by Gasteiger charge is 2.23. The van der Waals surface area contributed by atoms with E-state index < -0.39 is 0 Å². The van der Waals surface area contributed by atoms with Crippen LogP contribution in [-0.2, 0) is 24.4 Å². The molecule has 4 rings (SSSR count). The lowest BCUT2D eigenvalue weighted by Gasteiger charge is -2.24. The minimum absolute atomic E-state index is 0.310. The number of nitrogens with zero attached hydrogens (tertiary/aromatic N) is 3. The van der Waals surface area contributed by atoms with Crippen molar-refractivity contribution in [2.24, 2.45) is 5.92 Å². The second-order valence-corrected chi connectivity index (χ2v) is 6.55. The molecule has 0 saturated carbocycles. The van der Waals surface area contributed by atoms with Gasteiger partial charge in [-0.2, -0.15) is 5.10 Å². The minimum Gasteiger partial charge on any atom is -0.454 e. The molecule has 0 N–H and O–H groups in total. The predicted molar refractivity (Wildman–Crippen MR) is 93.4 cm³/mol. The molecule has 1 atom stereocenters. The fourth-order valence-corrected chi connectivity index (χ4v) is 3.46. The Kier molecular flexibility index (Phi) is 4.72. The standard InChI is InChI=1S/C19H23N3O3/c1-2-7-23-13-16-10-21(12-17-5-6-20-22(17)11-16)9-15-3-4-18-19(8-15)25-14-24-18/h2-6,8,16H,1,7,9-14H2/t16-/m1/s1. The van der Waals surface area contributed by atoms with E-state index >= 15 is 0 Å². The van der Waals surface area contributed by atoms with Gasteiger partial charge in [0.25, 0.3) is 0 Å². The number of ether oxygens (including phenoxy) is 3. The molecule has 1 aromatic carbocycles. The fourth-order valence-electron chi connectivity index (χ4n) is 3.46. The number of aromatic nitrogens is 2. The van der Waals surface area contributed by atoms with Crippen molar-refractivity contribution in [1.29, 1.82) is 0 Å². The fraction of sp³-hybridized carbons (Fsp3) is 0.421. The molecular formula is C19H23N3O3. The van der Waals surface area contributed by atoms with E-state index in [4.69, 9.17) is 14.2 Å². The molecule has 6 heteroatoms. The van der Waals surface area contributed by atoms with Crippen LogP contribution in [-0.4, -0.2) is 41.2 Å². The number of hydrogen-bond acceptors (Lipinski definition) is 5. The summed E-state index contributed by atoms with van der Waals surface area (Å²) in [6.45, 7) is 8.92. The van der Waals surface area contributed by atoms with Crippen LogP contribution in [0.3, 0.4) is 0 Å². The van der Waals surface area contributed by atoms with Crippen molar-refractivity contribution in [3.05, 3.63) is 54.4 Å². The van der Waals surface area contributed by atoms with E-state index in [1.54, 1.807) is 6.08 Å². The summed E-state index contributed by atoms with van der Waals surface area (Å²) < 4.78 is 18.7. The van der Waals surface area contributed by atoms with Crippen molar-refractivity contribution in [1.82, 2.24) is 14.7 Å². The van der Waals surface area contributed by atoms with E-state index in [-0.39, 0.29) is 0 Å². The highest BCUT2D eigenvalue weighted by molar-refractivity contribution is 5.44. The van der Waals surface area contributed by atoms with Gasteiger partial charge in [-0.05, 0) is 23.8 Å². The maximum absolute atomic E-state index is 5.71. The summed E-state index contributed by atoms with van der Waals surface area (Å²) in [6.07, 6.45) is 3.67. The highest BCUT2D eigenvalue weighted by Crippen LogP contribution is 2.33. The highest BCUT2D eigenvalue weighted by atomic mass is 16.7. The summed E-state index contributed by atoms with van der Waals surface area (Å²) in [6, 6.07) is 8.27. The maximum Gasteiger partial charge on any atom is 0.231 e.